The van der Waals surface area contributed by atoms with Gasteiger partial charge in [0.25, 0.3) is 5.91 Å². The average Bonchev–Trinajstić information content (AvgIpc) is 2.90. The second kappa shape index (κ2) is 7.36. The lowest BCUT2D eigenvalue weighted by Crippen LogP contribution is -2.40. The van der Waals surface area contributed by atoms with Crippen LogP contribution >= 0.6 is 11.6 Å². The van der Waals surface area contributed by atoms with Crippen LogP contribution in [0.15, 0.2) is 29.2 Å². The van der Waals surface area contributed by atoms with Gasteiger partial charge in [-0.2, -0.15) is 9.40 Å². The second-order valence-corrected chi connectivity index (χ2v) is 8.18. The number of nitrogens with zero attached hydrogens (tertiary/aromatic N) is 3. The Balaban J connectivity index is 1.75. The molecule has 8 nitrogen and oxygen atoms in total. The fraction of sp³-hybridized carbons (Fsp3) is 0.375. The fourth-order valence-electron chi connectivity index (χ4n) is 2.56. The molecule has 1 fully saturated rings. The third kappa shape index (κ3) is 3.61. The topological polar surface area (TPSA) is 93.5 Å². The maximum absolute atomic E-state index is 12.6. The maximum atomic E-state index is 12.6. The highest BCUT2D eigenvalue weighted by atomic mass is 35.5. The summed E-state index contributed by atoms with van der Waals surface area (Å²) < 4.78 is 33.3. The van der Waals surface area contributed by atoms with Gasteiger partial charge in [0, 0.05) is 25.8 Å². The summed E-state index contributed by atoms with van der Waals surface area (Å²) in [5.74, 6) is -0.456. The first-order valence-electron chi connectivity index (χ1n) is 7.99. The minimum absolute atomic E-state index is 0.122. The monoisotopic (exact) mass is 398 g/mol. The van der Waals surface area contributed by atoms with Crippen molar-refractivity contribution in [3.05, 3.63) is 40.7 Å². The van der Waals surface area contributed by atoms with E-state index in [4.69, 9.17) is 16.3 Å². The van der Waals surface area contributed by atoms with Crippen molar-refractivity contribution in [1.29, 1.82) is 0 Å². The van der Waals surface area contributed by atoms with Gasteiger partial charge in [-0.1, -0.05) is 11.6 Å². The van der Waals surface area contributed by atoms with E-state index in [1.807, 2.05) is 0 Å². The zero-order valence-corrected chi connectivity index (χ0v) is 16.0. The minimum Gasteiger partial charge on any atom is -0.379 e. The fourth-order valence-corrected chi connectivity index (χ4v) is 4.22. The standard InChI is InChI=1S/C16H19ClN4O4S/c1-11-14(17)15(19-20(11)2)16(22)18-12-3-5-13(6-4-12)26(23,24)21-7-9-25-10-8-21/h3-6H,7-10H2,1-2H3,(H,18,22). The zero-order chi connectivity index (χ0) is 18.9. The number of carbonyl (C=O) groups excluding carboxylic acids is 1. The second-order valence-electron chi connectivity index (χ2n) is 5.87. The van der Waals surface area contributed by atoms with Crippen LogP contribution in [-0.4, -0.2) is 54.7 Å². The molecule has 1 saturated heterocycles. The number of ether oxygens (including phenoxy) is 1. The van der Waals surface area contributed by atoms with Crippen LogP contribution < -0.4 is 5.32 Å². The molecule has 0 saturated carbocycles. The lowest BCUT2D eigenvalue weighted by Gasteiger charge is -2.26. The van der Waals surface area contributed by atoms with E-state index in [1.54, 1.807) is 14.0 Å². The van der Waals surface area contributed by atoms with Gasteiger partial charge in [0.05, 0.1) is 28.8 Å². The van der Waals surface area contributed by atoms with Gasteiger partial charge in [0.1, 0.15) is 0 Å². The van der Waals surface area contributed by atoms with Gasteiger partial charge in [-0.3, -0.25) is 9.48 Å². The van der Waals surface area contributed by atoms with E-state index >= 15 is 0 Å². The van der Waals surface area contributed by atoms with Crippen molar-refractivity contribution >= 4 is 33.2 Å². The van der Waals surface area contributed by atoms with Crippen LogP contribution in [0.3, 0.4) is 0 Å². The van der Waals surface area contributed by atoms with Crippen molar-refractivity contribution in [2.75, 3.05) is 31.6 Å². The minimum atomic E-state index is -3.56. The van der Waals surface area contributed by atoms with Crippen LogP contribution in [0.1, 0.15) is 16.2 Å². The summed E-state index contributed by atoms with van der Waals surface area (Å²) >= 11 is 6.11. The molecule has 1 aromatic heterocycles. The van der Waals surface area contributed by atoms with Crippen molar-refractivity contribution < 1.29 is 17.9 Å². The predicted molar refractivity (Wildman–Crippen MR) is 96.9 cm³/mol. The van der Waals surface area contributed by atoms with Crippen LogP contribution in [-0.2, 0) is 21.8 Å². The number of aromatic nitrogens is 2. The lowest BCUT2D eigenvalue weighted by atomic mass is 10.3. The number of hydrogen-bond donors (Lipinski definition) is 1. The molecule has 1 N–H and O–H groups in total. The number of hydrogen-bond acceptors (Lipinski definition) is 5. The van der Waals surface area contributed by atoms with Gasteiger partial charge in [-0.25, -0.2) is 8.42 Å². The number of halogens is 1. The van der Waals surface area contributed by atoms with E-state index < -0.39 is 15.9 Å². The highest BCUT2D eigenvalue weighted by Gasteiger charge is 2.26. The number of amides is 1. The SMILES string of the molecule is Cc1c(Cl)c(C(=O)Nc2ccc(S(=O)(=O)N3CCOCC3)cc2)nn1C. The number of sulfonamides is 1. The number of morpholine rings is 1. The molecule has 0 spiro atoms. The molecule has 0 unspecified atom stereocenters. The van der Waals surface area contributed by atoms with E-state index in [0.29, 0.717) is 37.7 Å². The van der Waals surface area contributed by atoms with Crippen molar-refractivity contribution in [3.8, 4) is 0 Å². The summed E-state index contributed by atoms with van der Waals surface area (Å²) in [6.07, 6.45) is 0. The lowest BCUT2D eigenvalue weighted by molar-refractivity contribution is 0.0730. The predicted octanol–water partition coefficient (Wildman–Crippen LogP) is 1.66. The summed E-state index contributed by atoms with van der Waals surface area (Å²) in [6, 6.07) is 6.00. The van der Waals surface area contributed by atoms with Gasteiger partial charge in [-0.15, -0.1) is 0 Å². The molecule has 3 rings (SSSR count). The van der Waals surface area contributed by atoms with Gasteiger partial charge in [0.2, 0.25) is 10.0 Å². The largest absolute Gasteiger partial charge is 0.379 e. The molecule has 0 bridgehead atoms. The summed E-state index contributed by atoms with van der Waals surface area (Å²) in [6.45, 7) is 3.20. The molecular weight excluding hydrogens is 380 g/mol. The Labute approximate surface area is 156 Å². The van der Waals surface area contributed by atoms with Crippen molar-refractivity contribution in [1.82, 2.24) is 14.1 Å². The quantitative estimate of drug-likeness (QED) is 0.845. The smallest absolute Gasteiger partial charge is 0.277 e. The molecule has 10 heteroatoms. The third-order valence-corrected chi connectivity index (χ3v) is 6.56. The number of nitrogens with one attached hydrogen (secondary N) is 1. The maximum Gasteiger partial charge on any atom is 0.277 e. The Hall–Kier alpha value is -1.94. The Morgan fingerprint density at radius 3 is 2.38 bits per heavy atom. The number of benzene rings is 1. The number of rotatable bonds is 4. The van der Waals surface area contributed by atoms with Gasteiger partial charge in [0.15, 0.2) is 5.69 Å². The Morgan fingerprint density at radius 2 is 1.85 bits per heavy atom. The summed E-state index contributed by atoms with van der Waals surface area (Å²) in [5, 5.41) is 7.04. The summed E-state index contributed by atoms with van der Waals surface area (Å²) in [7, 11) is -1.87. The van der Waals surface area contributed by atoms with E-state index in [1.165, 1.54) is 33.3 Å². The van der Waals surface area contributed by atoms with Crippen molar-refractivity contribution in [3.63, 3.8) is 0 Å². The Bertz CT molecular complexity index is 918. The molecule has 140 valence electrons. The molecule has 0 atom stereocenters. The normalized spacial score (nSPS) is 15.8. The average molecular weight is 399 g/mol. The molecule has 1 amide bonds. The van der Waals surface area contributed by atoms with Crippen molar-refractivity contribution in [2.45, 2.75) is 11.8 Å². The molecule has 0 radical (unpaired) electrons. The molecule has 2 heterocycles. The first-order valence-corrected chi connectivity index (χ1v) is 9.81. The van der Waals surface area contributed by atoms with E-state index in [-0.39, 0.29) is 15.6 Å². The van der Waals surface area contributed by atoms with Gasteiger partial charge >= 0.3 is 0 Å². The zero-order valence-electron chi connectivity index (χ0n) is 14.4. The van der Waals surface area contributed by atoms with E-state index in [0.717, 1.165) is 0 Å². The summed E-state index contributed by atoms with van der Waals surface area (Å²) in [4.78, 5) is 12.5. The number of aryl methyl sites for hydroxylation is 1. The first kappa shape index (κ1) is 18.8. The third-order valence-electron chi connectivity index (χ3n) is 4.20. The Kier molecular flexibility index (Phi) is 5.33. The van der Waals surface area contributed by atoms with Crippen LogP contribution in [0, 0.1) is 6.92 Å². The van der Waals surface area contributed by atoms with Crippen LogP contribution in [0.4, 0.5) is 5.69 Å². The van der Waals surface area contributed by atoms with Crippen LogP contribution in [0.5, 0.6) is 0 Å². The van der Waals surface area contributed by atoms with Gasteiger partial charge in [-0.05, 0) is 31.2 Å². The molecule has 1 aliphatic rings. The Morgan fingerprint density at radius 1 is 1.23 bits per heavy atom. The van der Waals surface area contributed by atoms with E-state index in [2.05, 4.69) is 10.4 Å². The number of carbonyl (C=O) groups is 1. The van der Waals surface area contributed by atoms with E-state index in [9.17, 15) is 13.2 Å². The molecule has 2 aromatic rings. The first-order chi connectivity index (χ1) is 12.3. The van der Waals surface area contributed by atoms with Crippen LogP contribution in [0.25, 0.3) is 0 Å². The molecule has 26 heavy (non-hydrogen) atoms. The summed E-state index contributed by atoms with van der Waals surface area (Å²) in [5.41, 5.74) is 1.26. The highest BCUT2D eigenvalue weighted by Crippen LogP contribution is 2.22. The van der Waals surface area contributed by atoms with Crippen LogP contribution in [0.2, 0.25) is 5.02 Å². The highest BCUT2D eigenvalue weighted by molar-refractivity contribution is 7.89. The van der Waals surface area contributed by atoms with Crippen molar-refractivity contribution in [2.24, 2.45) is 7.05 Å². The molecule has 1 aromatic carbocycles. The van der Waals surface area contributed by atoms with Gasteiger partial charge < -0.3 is 10.1 Å². The number of anilines is 1. The molecule has 1 aliphatic heterocycles. The molecular formula is C16H19ClN4O4S. The molecule has 0 aliphatic carbocycles.